The number of ketones is 1. The molecule has 0 saturated carbocycles. The summed E-state index contributed by atoms with van der Waals surface area (Å²) in [6.07, 6.45) is 0.948. The molecule has 1 aliphatic rings. The van der Waals surface area contributed by atoms with Gasteiger partial charge in [-0.1, -0.05) is 60.3 Å². The minimum Gasteiger partial charge on any atom is -0.872 e. The molecular formula is C23H21NO3. The SMILES string of the molecule is O=C(c1ccccc1)c1ccc(O)c(C[NH+]2CCc3ccccc3C2)c1[O-]. The number of phenolic OH excluding ortho intramolecular Hbond substituents is 1. The number of carbonyl (C=O) groups is 1. The molecule has 1 aliphatic heterocycles. The van der Waals surface area contributed by atoms with Gasteiger partial charge in [0.25, 0.3) is 0 Å². The number of aromatic hydroxyl groups is 1. The molecule has 1 heterocycles. The Balaban J connectivity index is 1.61. The Bertz CT molecular complexity index is 982. The molecule has 0 bridgehead atoms. The minimum absolute atomic E-state index is 0.0315. The molecule has 3 aromatic carbocycles. The summed E-state index contributed by atoms with van der Waals surface area (Å²) < 4.78 is 0. The molecule has 4 rings (SSSR count). The van der Waals surface area contributed by atoms with Gasteiger partial charge >= 0.3 is 0 Å². The van der Waals surface area contributed by atoms with Gasteiger partial charge < -0.3 is 15.1 Å². The van der Waals surface area contributed by atoms with Crippen LogP contribution in [0.25, 0.3) is 0 Å². The Morgan fingerprint density at radius 3 is 2.44 bits per heavy atom. The topological polar surface area (TPSA) is 64.8 Å². The highest BCUT2D eigenvalue weighted by molar-refractivity contribution is 6.10. The van der Waals surface area contributed by atoms with E-state index in [2.05, 4.69) is 12.1 Å². The summed E-state index contributed by atoms with van der Waals surface area (Å²) in [5.74, 6) is -0.702. The Labute approximate surface area is 158 Å². The number of quaternary nitrogens is 1. The van der Waals surface area contributed by atoms with Crippen LogP contribution in [0.3, 0.4) is 0 Å². The third-order valence-corrected chi connectivity index (χ3v) is 5.25. The molecule has 0 radical (unpaired) electrons. The van der Waals surface area contributed by atoms with Gasteiger partial charge in [-0.25, -0.2) is 0 Å². The second-order valence-corrected chi connectivity index (χ2v) is 7.01. The zero-order valence-corrected chi connectivity index (χ0v) is 14.9. The summed E-state index contributed by atoms with van der Waals surface area (Å²) in [5.41, 5.74) is 3.55. The summed E-state index contributed by atoms with van der Waals surface area (Å²) in [5, 5.41) is 23.2. The molecule has 0 spiro atoms. The van der Waals surface area contributed by atoms with E-state index in [1.807, 2.05) is 18.2 Å². The Kier molecular flexibility index (Phi) is 4.65. The lowest BCUT2D eigenvalue weighted by molar-refractivity contribution is -0.929. The zero-order valence-electron chi connectivity index (χ0n) is 14.9. The summed E-state index contributed by atoms with van der Waals surface area (Å²) in [6, 6.07) is 20.0. The first kappa shape index (κ1) is 17.3. The lowest BCUT2D eigenvalue weighted by atomic mass is 9.97. The van der Waals surface area contributed by atoms with Crippen LogP contribution in [-0.4, -0.2) is 17.4 Å². The first-order valence-corrected chi connectivity index (χ1v) is 9.15. The lowest BCUT2D eigenvalue weighted by Gasteiger charge is -2.28. The molecule has 4 nitrogen and oxygen atoms in total. The van der Waals surface area contributed by atoms with Crippen LogP contribution in [-0.2, 0) is 19.5 Å². The lowest BCUT2D eigenvalue weighted by Crippen LogP contribution is -3.10. The number of carbonyl (C=O) groups excluding carboxylic acids is 1. The van der Waals surface area contributed by atoms with Crippen molar-refractivity contribution < 1.29 is 19.9 Å². The van der Waals surface area contributed by atoms with Crippen molar-refractivity contribution in [2.75, 3.05) is 6.54 Å². The van der Waals surface area contributed by atoms with E-state index in [0.717, 1.165) is 19.5 Å². The second kappa shape index (κ2) is 7.25. The van der Waals surface area contributed by atoms with E-state index < -0.39 is 0 Å². The van der Waals surface area contributed by atoms with Crippen molar-refractivity contribution in [1.29, 1.82) is 0 Å². The first-order valence-electron chi connectivity index (χ1n) is 9.15. The van der Waals surface area contributed by atoms with Gasteiger partial charge in [0.15, 0.2) is 5.78 Å². The third-order valence-electron chi connectivity index (χ3n) is 5.25. The highest BCUT2D eigenvalue weighted by atomic mass is 16.3. The summed E-state index contributed by atoms with van der Waals surface area (Å²) in [7, 11) is 0. The Morgan fingerprint density at radius 2 is 1.67 bits per heavy atom. The van der Waals surface area contributed by atoms with Crippen molar-refractivity contribution in [2.45, 2.75) is 19.5 Å². The normalized spacial score (nSPS) is 15.9. The molecule has 0 aromatic heterocycles. The zero-order chi connectivity index (χ0) is 18.8. The van der Waals surface area contributed by atoms with Crippen LogP contribution in [0, 0.1) is 0 Å². The van der Waals surface area contributed by atoms with E-state index in [-0.39, 0.29) is 22.8 Å². The van der Waals surface area contributed by atoms with E-state index >= 15 is 0 Å². The number of benzene rings is 3. The smallest absolute Gasteiger partial charge is 0.192 e. The first-order chi connectivity index (χ1) is 13.1. The van der Waals surface area contributed by atoms with Crippen molar-refractivity contribution >= 4 is 5.78 Å². The number of rotatable bonds is 4. The number of phenols is 1. The maximum atomic E-state index is 12.9. The quantitative estimate of drug-likeness (QED) is 0.699. The van der Waals surface area contributed by atoms with Gasteiger partial charge in [0.1, 0.15) is 18.8 Å². The molecule has 3 aromatic rings. The van der Waals surface area contributed by atoms with E-state index in [9.17, 15) is 15.0 Å². The van der Waals surface area contributed by atoms with Gasteiger partial charge in [-0.2, -0.15) is 0 Å². The van der Waals surface area contributed by atoms with Gasteiger partial charge in [0.2, 0.25) is 0 Å². The Morgan fingerprint density at radius 1 is 0.963 bits per heavy atom. The van der Waals surface area contributed by atoms with Crippen LogP contribution in [0.5, 0.6) is 11.5 Å². The molecule has 0 saturated heterocycles. The van der Waals surface area contributed by atoms with Crippen LogP contribution < -0.4 is 10.0 Å². The third kappa shape index (κ3) is 3.44. The van der Waals surface area contributed by atoms with Crippen LogP contribution in [0.15, 0.2) is 66.7 Å². The molecule has 4 heteroatoms. The molecule has 27 heavy (non-hydrogen) atoms. The molecule has 0 aliphatic carbocycles. The molecule has 1 unspecified atom stereocenters. The molecular weight excluding hydrogens is 338 g/mol. The molecule has 136 valence electrons. The molecule has 0 fully saturated rings. The van der Waals surface area contributed by atoms with Crippen LogP contribution in [0.4, 0.5) is 0 Å². The Hall–Kier alpha value is -3.11. The van der Waals surface area contributed by atoms with E-state index in [1.54, 1.807) is 24.3 Å². The summed E-state index contributed by atoms with van der Waals surface area (Å²) in [6.45, 7) is 2.12. The maximum absolute atomic E-state index is 12.9. The number of hydrogen-bond acceptors (Lipinski definition) is 3. The van der Waals surface area contributed by atoms with Gasteiger partial charge in [0.05, 0.1) is 6.54 Å². The van der Waals surface area contributed by atoms with E-state index in [4.69, 9.17) is 0 Å². The minimum atomic E-state index is -0.366. The van der Waals surface area contributed by atoms with Gasteiger partial charge in [-0.3, -0.25) is 4.79 Å². The molecule has 0 amide bonds. The number of nitrogens with one attached hydrogen (secondary N) is 1. The van der Waals surface area contributed by atoms with E-state index in [1.165, 1.54) is 28.2 Å². The van der Waals surface area contributed by atoms with Crippen LogP contribution in [0.1, 0.15) is 32.6 Å². The van der Waals surface area contributed by atoms with Crippen molar-refractivity contribution in [2.24, 2.45) is 0 Å². The van der Waals surface area contributed by atoms with Crippen molar-refractivity contribution in [3.8, 4) is 11.5 Å². The predicted octanol–water partition coefficient (Wildman–Crippen LogP) is 1.84. The highest BCUT2D eigenvalue weighted by Gasteiger charge is 2.22. The number of hydrogen-bond donors (Lipinski definition) is 2. The van der Waals surface area contributed by atoms with E-state index in [0.29, 0.717) is 17.7 Å². The molecule has 2 N–H and O–H groups in total. The van der Waals surface area contributed by atoms with Crippen LogP contribution >= 0.6 is 0 Å². The van der Waals surface area contributed by atoms with Gasteiger partial charge in [-0.05, 0) is 17.7 Å². The van der Waals surface area contributed by atoms with Gasteiger partial charge in [-0.15, -0.1) is 0 Å². The highest BCUT2D eigenvalue weighted by Crippen LogP contribution is 2.29. The summed E-state index contributed by atoms with van der Waals surface area (Å²) in [4.78, 5) is 13.9. The fourth-order valence-electron chi connectivity index (χ4n) is 3.76. The number of fused-ring (bicyclic) bond motifs is 1. The average Bonchev–Trinajstić information content (AvgIpc) is 2.71. The van der Waals surface area contributed by atoms with Crippen molar-refractivity contribution in [3.05, 3.63) is 94.5 Å². The molecule has 1 atom stereocenters. The predicted molar refractivity (Wildman–Crippen MR) is 101 cm³/mol. The maximum Gasteiger partial charge on any atom is 0.192 e. The standard InChI is InChI=1S/C23H21NO3/c25-21-11-10-19(22(26)17-7-2-1-3-8-17)23(27)20(21)15-24-13-12-16-6-4-5-9-18(16)14-24/h1-11,25,27H,12-15H2. The van der Waals surface area contributed by atoms with Crippen molar-refractivity contribution in [1.82, 2.24) is 0 Å². The average molecular weight is 359 g/mol. The monoisotopic (exact) mass is 359 g/mol. The fourth-order valence-corrected chi connectivity index (χ4v) is 3.76. The largest absolute Gasteiger partial charge is 0.872 e. The summed E-state index contributed by atoms with van der Waals surface area (Å²) >= 11 is 0. The van der Waals surface area contributed by atoms with Crippen LogP contribution in [0.2, 0.25) is 0 Å². The second-order valence-electron chi connectivity index (χ2n) is 7.01. The van der Waals surface area contributed by atoms with Crippen molar-refractivity contribution in [3.63, 3.8) is 0 Å². The fraction of sp³-hybridized carbons (Fsp3) is 0.174. The van der Waals surface area contributed by atoms with Gasteiger partial charge in [0, 0.05) is 28.7 Å².